The summed E-state index contributed by atoms with van der Waals surface area (Å²) in [5.41, 5.74) is 2.41. The van der Waals surface area contributed by atoms with Crippen LogP contribution in [-0.4, -0.2) is 37.7 Å². The van der Waals surface area contributed by atoms with Crippen LogP contribution in [0.1, 0.15) is 18.1 Å². The molecule has 0 saturated carbocycles. The summed E-state index contributed by atoms with van der Waals surface area (Å²) in [5.74, 6) is 0.640. The van der Waals surface area contributed by atoms with Gasteiger partial charge in [-0.05, 0) is 71.2 Å². The van der Waals surface area contributed by atoms with Crippen LogP contribution >= 0.6 is 27.7 Å². The van der Waals surface area contributed by atoms with Crippen LogP contribution in [0.3, 0.4) is 0 Å². The molecule has 3 rings (SSSR count). The fourth-order valence-corrected chi connectivity index (χ4v) is 4.34. The minimum Gasteiger partial charge on any atom is -0.495 e. The van der Waals surface area contributed by atoms with Gasteiger partial charge in [-0.1, -0.05) is 23.9 Å². The molecule has 0 aliphatic carbocycles. The summed E-state index contributed by atoms with van der Waals surface area (Å²) in [6.45, 7) is 3.88. The Balaban J connectivity index is 1.67. The van der Waals surface area contributed by atoms with Crippen molar-refractivity contribution >= 4 is 51.3 Å². The number of esters is 1. The maximum absolute atomic E-state index is 12.4. The molecular formula is C22H23BrN2O5S. The first-order valence-electron chi connectivity index (χ1n) is 9.58. The van der Waals surface area contributed by atoms with Gasteiger partial charge >= 0.3 is 5.97 Å². The van der Waals surface area contributed by atoms with Crippen LogP contribution in [0.5, 0.6) is 11.5 Å². The maximum atomic E-state index is 12.4. The van der Waals surface area contributed by atoms with E-state index in [-0.39, 0.29) is 18.0 Å². The van der Waals surface area contributed by atoms with Crippen molar-refractivity contribution in [3.63, 3.8) is 0 Å². The summed E-state index contributed by atoms with van der Waals surface area (Å²) < 4.78 is 16.4. The van der Waals surface area contributed by atoms with Crippen LogP contribution < -0.4 is 20.1 Å². The predicted molar refractivity (Wildman–Crippen MR) is 125 cm³/mol. The van der Waals surface area contributed by atoms with Crippen molar-refractivity contribution in [2.75, 3.05) is 25.6 Å². The molecule has 0 radical (unpaired) electrons. The fourth-order valence-electron chi connectivity index (χ4n) is 2.86. The van der Waals surface area contributed by atoms with Crippen LogP contribution in [0.2, 0.25) is 0 Å². The smallest absolute Gasteiger partial charge is 0.344 e. The van der Waals surface area contributed by atoms with Crippen molar-refractivity contribution in [2.45, 2.75) is 19.3 Å². The van der Waals surface area contributed by atoms with Gasteiger partial charge in [-0.3, -0.25) is 4.79 Å². The third-order valence-electron chi connectivity index (χ3n) is 4.28. The van der Waals surface area contributed by atoms with Crippen molar-refractivity contribution in [1.82, 2.24) is 5.32 Å². The SMILES string of the molecule is CCOC(=O)COc1ccc(/C=C2\SC(Nc3cc(C)ccc3OC)NC2=O)cc1Br. The molecule has 31 heavy (non-hydrogen) atoms. The van der Waals surface area contributed by atoms with Crippen LogP contribution in [-0.2, 0) is 14.3 Å². The summed E-state index contributed by atoms with van der Waals surface area (Å²) in [7, 11) is 1.61. The van der Waals surface area contributed by atoms with Crippen LogP contribution in [0.4, 0.5) is 5.69 Å². The molecule has 2 aromatic carbocycles. The molecule has 1 heterocycles. The topological polar surface area (TPSA) is 85.9 Å². The van der Waals surface area contributed by atoms with E-state index in [0.29, 0.717) is 27.5 Å². The Morgan fingerprint density at radius 3 is 2.74 bits per heavy atom. The Hall–Kier alpha value is -2.65. The molecule has 7 nitrogen and oxygen atoms in total. The largest absolute Gasteiger partial charge is 0.495 e. The number of halogens is 1. The van der Waals surface area contributed by atoms with E-state index in [9.17, 15) is 9.59 Å². The first-order chi connectivity index (χ1) is 14.9. The highest BCUT2D eigenvalue weighted by Crippen LogP contribution is 2.34. The van der Waals surface area contributed by atoms with Gasteiger partial charge in [0, 0.05) is 0 Å². The van der Waals surface area contributed by atoms with Crippen molar-refractivity contribution in [2.24, 2.45) is 0 Å². The molecule has 0 aromatic heterocycles. The molecule has 1 aliphatic heterocycles. The Labute approximate surface area is 193 Å². The number of hydrogen-bond donors (Lipinski definition) is 2. The lowest BCUT2D eigenvalue weighted by Crippen LogP contribution is -2.31. The zero-order chi connectivity index (χ0) is 22.4. The van der Waals surface area contributed by atoms with E-state index in [1.54, 1.807) is 26.2 Å². The molecule has 2 N–H and O–H groups in total. The normalized spacial score (nSPS) is 16.7. The maximum Gasteiger partial charge on any atom is 0.344 e. The van der Waals surface area contributed by atoms with Crippen molar-refractivity contribution in [3.8, 4) is 11.5 Å². The van der Waals surface area contributed by atoms with Gasteiger partial charge in [-0.25, -0.2) is 4.79 Å². The number of thioether (sulfide) groups is 1. The first kappa shape index (κ1) is 23.0. The van der Waals surface area contributed by atoms with Gasteiger partial charge in [0.25, 0.3) is 5.91 Å². The highest BCUT2D eigenvalue weighted by molar-refractivity contribution is 9.10. The molecule has 1 atom stereocenters. The molecular weight excluding hydrogens is 484 g/mol. The van der Waals surface area contributed by atoms with Gasteiger partial charge in [0.05, 0.1) is 28.8 Å². The molecule has 1 unspecified atom stereocenters. The Kier molecular flexibility index (Phi) is 7.86. The Morgan fingerprint density at radius 2 is 2.03 bits per heavy atom. The van der Waals surface area contributed by atoms with E-state index < -0.39 is 5.97 Å². The second-order valence-electron chi connectivity index (χ2n) is 6.61. The number of nitrogens with one attached hydrogen (secondary N) is 2. The standard InChI is InChI=1S/C22H23BrN2O5S/c1-4-29-20(26)12-30-17-8-6-14(10-15(17)23)11-19-21(27)25-22(31-19)24-16-9-13(2)5-7-18(16)28-3/h5-11,22,24H,4,12H2,1-3H3,(H,25,27)/b19-11-. The van der Waals surface area contributed by atoms with E-state index in [4.69, 9.17) is 14.2 Å². The molecule has 1 fully saturated rings. The second kappa shape index (κ2) is 10.6. The molecule has 2 aromatic rings. The summed E-state index contributed by atoms with van der Waals surface area (Å²) in [4.78, 5) is 24.5. The van der Waals surface area contributed by atoms with Crippen molar-refractivity contribution in [3.05, 3.63) is 56.9 Å². The van der Waals surface area contributed by atoms with Gasteiger partial charge in [0.15, 0.2) is 12.1 Å². The number of carbonyl (C=O) groups is 2. The van der Waals surface area contributed by atoms with Gasteiger partial charge < -0.3 is 24.8 Å². The summed E-state index contributed by atoms with van der Waals surface area (Å²) >= 11 is 4.83. The van der Waals surface area contributed by atoms with Crippen LogP contribution in [0, 0.1) is 6.92 Å². The summed E-state index contributed by atoms with van der Waals surface area (Å²) in [5, 5.41) is 6.21. The van der Waals surface area contributed by atoms with E-state index in [1.165, 1.54) is 11.8 Å². The average molecular weight is 507 g/mol. The van der Waals surface area contributed by atoms with Crippen molar-refractivity contribution < 1.29 is 23.8 Å². The molecule has 164 valence electrons. The number of hydrogen-bond acceptors (Lipinski definition) is 7. The number of amides is 1. The number of methoxy groups -OCH3 is 1. The van der Waals surface area contributed by atoms with E-state index >= 15 is 0 Å². The van der Waals surface area contributed by atoms with E-state index in [0.717, 1.165) is 16.8 Å². The first-order valence-corrected chi connectivity index (χ1v) is 11.2. The van der Waals surface area contributed by atoms with Gasteiger partial charge in [0.1, 0.15) is 11.5 Å². The highest BCUT2D eigenvalue weighted by Gasteiger charge is 2.27. The Bertz CT molecular complexity index is 1010. The quantitative estimate of drug-likeness (QED) is 0.407. The molecule has 0 bridgehead atoms. The molecule has 0 spiro atoms. The Morgan fingerprint density at radius 1 is 1.26 bits per heavy atom. The molecule has 1 saturated heterocycles. The highest BCUT2D eigenvalue weighted by atomic mass is 79.9. The summed E-state index contributed by atoms with van der Waals surface area (Å²) in [6, 6.07) is 11.2. The minimum absolute atomic E-state index is 0.159. The van der Waals surface area contributed by atoms with Crippen LogP contribution in [0.15, 0.2) is 45.8 Å². The fraction of sp³-hybridized carbons (Fsp3) is 0.273. The number of anilines is 1. The zero-order valence-corrected chi connectivity index (χ0v) is 19.8. The monoisotopic (exact) mass is 506 g/mol. The van der Waals surface area contributed by atoms with Crippen LogP contribution in [0.25, 0.3) is 6.08 Å². The second-order valence-corrected chi connectivity index (χ2v) is 8.61. The van der Waals surface area contributed by atoms with Gasteiger partial charge in [-0.15, -0.1) is 0 Å². The van der Waals surface area contributed by atoms with E-state index in [1.807, 2.05) is 37.3 Å². The lowest BCUT2D eigenvalue weighted by molar-refractivity contribution is -0.145. The summed E-state index contributed by atoms with van der Waals surface area (Å²) in [6.07, 6.45) is 1.80. The number of carbonyl (C=O) groups excluding carboxylic acids is 2. The molecule has 1 aliphatic rings. The van der Waals surface area contributed by atoms with Gasteiger partial charge in [-0.2, -0.15) is 0 Å². The number of benzene rings is 2. The number of ether oxygens (including phenoxy) is 3. The third kappa shape index (κ3) is 6.18. The zero-order valence-electron chi connectivity index (χ0n) is 17.4. The predicted octanol–water partition coefficient (Wildman–Crippen LogP) is 4.31. The van der Waals surface area contributed by atoms with Gasteiger partial charge in [0.2, 0.25) is 0 Å². The molecule has 1 amide bonds. The molecule has 9 heteroatoms. The lowest BCUT2D eigenvalue weighted by atomic mass is 10.2. The van der Waals surface area contributed by atoms with Crippen molar-refractivity contribution in [1.29, 1.82) is 0 Å². The third-order valence-corrected chi connectivity index (χ3v) is 5.93. The van der Waals surface area contributed by atoms with E-state index in [2.05, 4.69) is 26.6 Å². The number of aryl methyl sites for hydroxylation is 1. The average Bonchev–Trinajstić information content (AvgIpc) is 3.06. The lowest BCUT2D eigenvalue weighted by Gasteiger charge is -2.16. The minimum atomic E-state index is -0.427. The number of rotatable bonds is 8.